The van der Waals surface area contributed by atoms with Crippen LogP contribution in [0.25, 0.3) is 0 Å². The Kier molecular flexibility index (Phi) is 1.98. The maximum Gasteiger partial charge on any atom is 0.356 e. The third-order valence-corrected chi connectivity index (χ3v) is 0.986. The van der Waals surface area contributed by atoms with Gasteiger partial charge in [-0.05, 0) is 0 Å². The molecule has 0 aromatic carbocycles. The Hall–Kier alpha value is -1.69. The first-order valence-electron chi connectivity index (χ1n) is 2.69. The molecule has 0 fully saturated rings. The fraction of sp³-hybridized carbons (Fsp3) is 0. The third kappa shape index (κ3) is 1.62. The van der Waals surface area contributed by atoms with Crippen molar-refractivity contribution >= 4 is 11.8 Å². The molecule has 58 valence electrons. The average molecular weight is 155 g/mol. The zero-order valence-corrected chi connectivity index (χ0v) is 5.35. The zero-order chi connectivity index (χ0) is 8.27. The van der Waals surface area contributed by atoms with E-state index in [1.54, 1.807) is 5.48 Å². The van der Waals surface area contributed by atoms with Crippen molar-refractivity contribution in [3.63, 3.8) is 0 Å². The topological polar surface area (TPSA) is 95.3 Å². The molecule has 0 atom stereocenters. The van der Waals surface area contributed by atoms with Gasteiger partial charge in [-0.25, -0.2) is 14.8 Å². The number of carboxylic acid groups (broad SMARTS) is 1. The molecular formula is C5H5N3O3. The van der Waals surface area contributed by atoms with E-state index in [0.717, 1.165) is 12.4 Å². The molecule has 0 aliphatic rings. The largest absolute Gasteiger partial charge is 0.476 e. The van der Waals surface area contributed by atoms with Gasteiger partial charge in [-0.2, -0.15) is 0 Å². The summed E-state index contributed by atoms with van der Waals surface area (Å²) < 4.78 is 0. The van der Waals surface area contributed by atoms with E-state index >= 15 is 0 Å². The second kappa shape index (κ2) is 2.93. The Balaban J connectivity index is 2.91. The summed E-state index contributed by atoms with van der Waals surface area (Å²) >= 11 is 0. The lowest BCUT2D eigenvalue weighted by Crippen LogP contribution is -2.02. The summed E-state index contributed by atoms with van der Waals surface area (Å²) in [5.41, 5.74) is 1.56. The molecule has 6 heteroatoms. The molecule has 0 unspecified atom stereocenters. The van der Waals surface area contributed by atoms with Crippen molar-refractivity contribution in [1.29, 1.82) is 0 Å². The summed E-state index contributed by atoms with van der Waals surface area (Å²) in [6, 6.07) is 0. The van der Waals surface area contributed by atoms with Crippen LogP contribution in [0.2, 0.25) is 0 Å². The van der Waals surface area contributed by atoms with E-state index in [4.69, 9.17) is 10.3 Å². The van der Waals surface area contributed by atoms with Gasteiger partial charge in [0, 0.05) is 0 Å². The number of aromatic carboxylic acids is 1. The highest BCUT2D eigenvalue weighted by Crippen LogP contribution is 1.98. The van der Waals surface area contributed by atoms with Gasteiger partial charge in [-0.15, -0.1) is 0 Å². The molecule has 0 aliphatic heterocycles. The predicted octanol–water partition coefficient (Wildman–Crippen LogP) is -0.0241. The SMILES string of the molecule is O=C(O)c1cnc(NO)cn1. The van der Waals surface area contributed by atoms with E-state index in [2.05, 4.69) is 9.97 Å². The van der Waals surface area contributed by atoms with Crippen LogP contribution in [0.3, 0.4) is 0 Å². The molecule has 1 aromatic heterocycles. The Morgan fingerprint density at radius 2 is 2.18 bits per heavy atom. The minimum atomic E-state index is -1.15. The summed E-state index contributed by atoms with van der Waals surface area (Å²) in [4.78, 5) is 17.2. The summed E-state index contributed by atoms with van der Waals surface area (Å²) in [5.74, 6) is -1.04. The summed E-state index contributed by atoms with van der Waals surface area (Å²) in [6.07, 6.45) is 2.16. The molecule has 0 radical (unpaired) electrons. The van der Waals surface area contributed by atoms with E-state index in [-0.39, 0.29) is 11.5 Å². The Morgan fingerprint density at radius 3 is 2.55 bits per heavy atom. The van der Waals surface area contributed by atoms with E-state index < -0.39 is 5.97 Å². The molecule has 1 heterocycles. The number of aromatic nitrogens is 2. The van der Waals surface area contributed by atoms with E-state index in [0.29, 0.717) is 0 Å². The van der Waals surface area contributed by atoms with Gasteiger partial charge in [-0.3, -0.25) is 10.7 Å². The number of carbonyl (C=O) groups is 1. The molecule has 0 saturated heterocycles. The fourth-order valence-electron chi connectivity index (χ4n) is 0.496. The summed E-state index contributed by atoms with van der Waals surface area (Å²) in [5, 5.41) is 16.6. The monoisotopic (exact) mass is 155 g/mol. The van der Waals surface area contributed by atoms with Gasteiger partial charge in [0.05, 0.1) is 12.4 Å². The van der Waals surface area contributed by atoms with Crippen molar-refractivity contribution in [2.24, 2.45) is 0 Å². The Morgan fingerprint density at radius 1 is 1.45 bits per heavy atom. The number of nitrogens with zero attached hydrogens (tertiary/aromatic N) is 2. The molecule has 0 bridgehead atoms. The number of anilines is 1. The number of hydrogen-bond donors (Lipinski definition) is 3. The van der Waals surface area contributed by atoms with Crippen LogP contribution in [0.4, 0.5) is 5.82 Å². The number of hydrogen-bond acceptors (Lipinski definition) is 5. The summed E-state index contributed by atoms with van der Waals surface area (Å²) in [6.45, 7) is 0. The van der Waals surface area contributed by atoms with Crippen molar-refractivity contribution < 1.29 is 15.1 Å². The predicted molar refractivity (Wildman–Crippen MR) is 34.4 cm³/mol. The summed E-state index contributed by atoms with van der Waals surface area (Å²) in [7, 11) is 0. The number of rotatable bonds is 2. The van der Waals surface area contributed by atoms with Crippen LogP contribution >= 0.6 is 0 Å². The van der Waals surface area contributed by atoms with Crippen LogP contribution in [0.1, 0.15) is 10.5 Å². The first-order valence-corrected chi connectivity index (χ1v) is 2.69. The van der Waals surface area contributed by atoms with Gasteiger partial charge in [0.15, 0.2) is 11.5 Å². The fourth-order valence-corrected chi connectivity index (χ4v) is 0.496. The lowest BCUT2D eigenvalue weighted by atomic mass is 10.5. The average Bonchev–Trinajstić information content (AvgIpc) is 2.05. The minimum Gasteiger partial charge on any atom is -0.476 e. The van der Waals surface area contributed by atoms with Crippen LogP contribution in [-0.2, 0) is 0 Å². The van der Waals surface area contributed by atoms with Crippen molar-refractivity contribution in [2.75, 3.05) is 5.48 Å². The maximum atomic E-state index is 10.2. The molecule has 0 saturated carbocycles. The van der Waals surface area contributed by atoms with Gasteiger partial charge >= 0.3 is 5.97 Å². The molecule has 0 spiro atoms. The van der Waals surface area contributed by atoms with Crippen molar-refractivity contribution in [3.05, 3.63) is 18.1 Å². The van der Waals surface area contributed by atoms with Crippen LogP contribution in [0.5, 0.6) is 0 Å². The van der Waals surface area contributed by atoms with E-state index in [9.17, 15) is 4.79 Å². The molecule has 1 aromatic rings. The van der Waals surface area contributed by atoms with Gasteiger partial charge in [0.1, 0.15) is 0 Å². The standard InChI is InChI=1S/C5H5N3O3/c9-5(10)3-1-7-4(8-11)2-6-3/h1-2,11H,(H,7,8)(H,9,10). The molecule has 3 N–H and O–H groups in total. The number of carboxylic acids is 1. The maximum absolute atomic E-state index is 10.2. The Labute approximate surface area is 61.5 Å². The second-order valence-electron chi connectivity index (χ2n) is 1.70. The lowest BCUT2D eigenvalue weighted by Gasteiger charge is -1.95. The van der Waals surface area contributed by atoms with Crippen LogP contribution in [-0.4, -0.2) is 26.3 Å². The first-order chi connectivity index (χ1) is 5.24. The molecule has 6 nitrogen and oxygen atoms in total. The van der Waals surface area contributed by atoms with Gasteiger partial charge in [0.2, 0.25) is 0 Å². The minimum absolute atomic E-state index is 0.106. The van der Waals surface area contributed by atoms with E-state index in [1.807, 2.05) is 0 Å². The van der Waals surface area contributed by atoms with Crippen LogP contribution in [0.15, 0.2) is 12.4 Å². The zero-order valence-electron chi connectivity index (χ0n) is 5.35. The molecule has 1 rings (SSSR count). The lowest BCUT2D eigenvalue weighted by molar-refractivity contribution is 0.0690. The number of nitrogens with one attached hydrogen (secondary N) is 1. The van der Waals surface area contributed by atoms with Crippen molar-refractivity contribution in [3.8, 4) is 0 Å². The van der Waals surface area contributed by atoms with Crippen LogP contribution in [0, 0.1) is 0 Å². The molecule has 11 heavy (non-hydrogen) atoms. The van der Waals surface area contributed by atoms with Crippen molar-refractivity contribution in [1.82, 2.24) is 9.97 Å². The highest BCUT2D eigenvalue weighted by molar-refractivity contribution is 5.84. The normalized spacial score (nSPS) is 9.18. The highest BCUT2D eigenvalue weighted by Gasteiger charge is 2.03. The third-order valence-electron chi connectivity index (χ3n) is 0.986. The van der Waals surface area contributed by atoms with Gasteiger partial charge < -0.3 is 5.11 Å². The van der Waals surface area contributed by atoms with E-state index in [1.165, 1.54) is 0 Å². The second-order valence-corrected chi connectivity index (χ2v) is 1.70. The first kappa shape index (κ1) is 7.42. The highest BCUT2D eigenvalue weighted by atomic mass is 16.5. The van der Waals surface area contributed by atoms with Gasteiger partial charge in [0.25, 0.3) is 0 Å². The molecule has 0 amide bonds. The molecule has 0 aliphatic carbocycles. The smallest absolute Gasteiger partial charge is 0.356 e. The van der Waals surface area contributed by atoms with Crippen LogP contribution < -0.4 is 5.48 Å². The quantitative estimate of drug-likeness (QED) is 0.519. The molecular weight excluding hydrogens is 150 g/mol. The van der Waals surface area contributed by atoms with Crippen molar-refractivity contribution in [2.45, 2.75) is 0 Å². The van der Waals surface area contributed by atoms with Gasteiger partial charge in [-0.1, -0.05) is 0 Å². The Bertz CT molecular complexity index is 258.